The van der Waals surface area contributed by atoms with E-state index in [0.717, 1.165) is 31.4 Å². The van der Waals surface area contributed by atoms with E-state index in [1.54, 1.807) is 6.07 Å². The summed E-state index contributed by atoms with van der Waals surface area (Å²) in [5, 5.41) is 9.50. The summed E-state index contributed by atoms with van der Waals surface area (Å²) in [4.78, 5) is 32.9. The SMILES string of the molecule is O=C(O)c1c[nH]c2cc(N3C4CCC3(COc3ncccc3F)CC4)ccc2c1=O. The average Bonchev–Trinajstić information content (AvgIpc) is 3.28. The number of carboxylic acid groups (broad SMARTS) is 1. The fourth-order valence-corrected chi connectivity index (χ4v) is 4.92. The smallest absolute Gasteiger partial charge is 0.341 e. The van der Waals surface area contributed by atoms with Crippen LogP contribution >= 0.6 is 0 Å². The van der Waals surface area contributed by atoms with Crippen LogP contribution in [0.2, 0.25) is 0 Å². The number of pyridine rings is 2. The third-order valence-corrected chi connectivity index (χ3v) is 6.34. The van der Waals surface area contributed by atoms with Crippen molar-refractivity contribution < 1.29 is 19.0 Å². The second kappa shape index (κ2) is 6.83. The first kappa shape index (κ1) is 18.6. The maximum atomic E-state index is 13.9. The molecule has 2 saturated heterocycles. The van der Waals surface area contributed by atoms with Gasteiger partial charge in [0.2, 0.25) is 11.3 Å². The number of H-pyrrole nitrogens is 1. The van der Waals surface area contributed by atoms with Crippen molar-refractivity contribution >= 4 is 22.6 Å². The molecule has 8 heteroatoms. The Labute approximate surface area is 171 Å². The number of nitrogens with zero attached hydrogens (tertiary/aromatic N) is 2. The number of nitrogens with one attached hydrogen (secondary N) is 1. The summed E-state index contributed by atoms with van der Waals surface area (Å²) in [6, 6.07) is 8.60. The van der Waals surface area contributed by atoms with Crippen molar-refractivity contribution in [2.75, 3.05) is 11.5 Å². The van der Waals surface area contributed by atoms with Gasteiger partial charge in [0.05, 0.1) is 11.1 Å². The number of fused-ring (bicyclic) bond motifs is 3. The quantitative estimate of drug-likeness (QED) is 0.671. The molecule has 2 aromatic heterocycles. The van der Waals surface area contributed by atoms with E-state index < -0.39 is 17.2 Å². The van der Waals surface area contributed by atoms with E-state index in [4.69, 9.17) is 9.84 Å². The molecule has 2 aliphatic rings. The van der Waals surface area contributed by atoms with E-state index >= 15 is 0 Å². The van der Waals surface area contributed by atoms with Gasteiger partial charge < -0.3 is 19.7 Å². The highest BCUT2D eigenvalue weighted by atomic mass is 19.1. The van der Waals surface area contributed by atoms with Crippen LogP contribution in [0.15, 0.2) is 47.5 Å². The molecule has 3 aromatic rings. The number of aromatic amines is 1. The van der Waals surface area contributed by atoms with Gasteiger partial charge in [-0.15, -0.1) is 0 Å². The molecule has 1 aromatic carbocycles. The van der Waals surface area contributed by atoms with Crippen LogP contribution in [-0.2, 0) is 0 Å². The van der Waals surface area contributed by atoms with Crippen molar-refractivity contribution in [2.45, 2.75) is 37.3 Å². The van der Waals surface area contributed by atoms with E-state index in [2.05, 4.69) is 14.9 Å². The minimum atomic E-state index is -1.25. The molecular formula is C22H20FN3O4. The highest BCUT2D eigenvalue weighted by Gasteiger charge is 2.52. The zero-order valence-corrected chi connectivity index (χ0v) is 16.1. The van der Waals surface area contributed by atoms with Crippen molar-refractivity contribution in [1.29, 1.82) is 0 Å². The Morgan fingerprint density at radius 1 is 1.33 bits per heavy atom. The minimum Gasteiger partial charge on any atom is -0.477 e. The number of anilines is 1. The van der Waals surface area contributed by atoms with Crippen LogP contribution < -0.4 is 15.1 Å². The maximum absolute atomic E-state index is 13.9. The molecule has 0 amide bonds. The van der Waals surface area contributed by atoms with Crippen LogP contribution in [0.5, 0.6) is 5.88 Å². The lowest BCUT2D eigenvalue weighted by Gasteiger charge is -2.36. The van der Waals surface area contributed by atoms with Crippen LogP contribution in [0.3, 0.4) is 0 Å². The number of halogens is 1. The lowest BCUT2D eigenvalue weighted by molar-refractivity contribution is 0.0695. The highest BCUT2D eigenvalue weighted by Crippen LogP contribution is 2.49. The van der Waals surface area contributed by atoms with Gasteiger partial charge in [0.15, 0.2) is 5.82 Å². The Hall–Kier alpha value is -3.42. The first-order chi connectivity index (χ1) is 14.5. The zero-order chi connectivity index (χ0) is 20.9. The lowest BCUT2D eigenvalue weighted by atomic mass is 9.88. The number of aromatic carboxylic acids is 1. The first-order valence-corrected chi connectivity index (χ1v) is 9.90. The minimum absolute atomic E-state index is 0.00576. The van der Waals surface area contributed by atoms with Crippen LogP contribution in [0, 0.1) is 5.82 Å². The molecule has 2 bridgehead atoms. The first-order valence-electron chi connectivity index (χ1n) is 9.90. The third-order valence-electron chi connectivity index (χ3n) is 6.34. The van der Waals surface area contributed by atoms with Gasteiger partial charge in [-0.2, -0.15) is 0 Å². The lowest BCUT2D eigenvalue weighted by Crippen LogP contribution is -2.46. The Balaban J connectivity index is 1.48. The van der Waals surface area contributed by atoms with Crippen molar-refractivity contribution in [3.05, 3.63) is 64.3 Å². The highest BCUT2D eigenvalue weighted by molar-refractivity contribution is 5.93. The summed E-state index contributed by atoms with van der Waals surface area (Å²) >= 11 is 0. The number of ether oxygens (including phenoxy) is 1. The molecule has 0 saturated carbocycles. The predicted octanol–water partition coefficient (Wildman–Crippen LogP) is 3.34. The van der Waals surface area contributed by atoms with Gasteiger partial charge in [-0.05, 0) is 56.0 Å². The van der Waals surface area contributed by atoms with Crippen molar-refractivity contribution in [3.63, 3.8) is 0 Å². The van der Waals surface area contributed by atoms with Gasteiger partial charge in [-0.25, -0.2) is 14.2 Å². The molecule has 0 unspecified atom stereocenters. The molecule has 0 radical (unpaired) electrons. The molecule has 4 heterocycles. The predicted molar refractivity (Wildman–Crippen MR) is 109 cm³/mol. The fourth-order valence-electron chi connectivity index (χ4n) is 4.92. The molecule has 0 atom stereocenters. The standard InChI is InChI=1S/C22H20FN3O4/c23-17-2-1-9-24-20(17)30-12-22-7-5-13(6-8-22)26(22)14-3-4-15-18(10-14)25-11-16(19(15)27)21(28)29/h1-4,9-11,13H,5-8,12H2,(H,25,27)(H,28,29). The second-order valence-electron chi connectivity index (χ2n) is 7.97. The van der Waals surface area contributed by atoms with Gasteiger partial charge in [0.25, 0.3) is 0 Å². The number of carboxylic acids is 1. The van der Waals surface area contributed by atoms with E-state index in [9.17, 15) is 14.0 Å². The molecule has 154 valence electrons. The topological polar surface area (TPSA) is 95.5 Å². The van der Waals surface area contributed by atoms with E-state index in [0.29, 0.717) is 23.6 Å². The van der Waals surface area contributed by atoms with Crippen LogP contribution in [0.25, 0.3) is 10.9 Å². The summed E-state index contributed by atoms with van der Waals surface area (Å²) < 4.78 is 19.7. The fraction of sp³-hybridized carbons (Fsp3) is 0.318. The second-order valence-corrected chi connectivity index (χ2v) is 7.97. The van der Waals surface area contributed by atoms with Crippen LogP contribution in [0.4, 0.5) is 10.1 Å². The number of carbonyl (C=O) groups is 1. The number of rotatable bonds is 5. The molecule has 2 aliphatic heterocycles. The molecule has 30 heavy (non-hydrogen) atoms. The van der Waals surface area contributed by atoms with Gasteiger partial charge in [-0.3, -0.25) is 4.79 Å². The van der Waals surface area contributed by atoms with Crippen molar-refractivity contribution in [2.24, 2.45) is 0 Å². The summed E-state index contributed by atoms with van der Waals surface area (Å²) in [5.74, 6) is -1.73. The normalized spacial score (nSPS) is 22.6. The van der Waals surface area contributed by atoms with E-state index in [-0.39, 0.29) is 17.0 Å². The Morgan fingerprint density at radius 3 is 2.87 bits per heavy atom. The maximum Gasteiger partial charge on any atom is 0.341 e. The summed E-state index contributed by atoms with van der Waals surface area (Å²) in [6.45, 7) is 0.323. The number of benzene rings is 1. The molecule has 5 rings (SSSR count). The van der Waals surface area contributed by atoms with Crippen LogP contribution in [-0.4, -0.2) is 39.2 Å². The Bertz CT molecular complexity index is 1200. The number of aromatic nitrogens is 2. The number of hydrogen-bond donors (Lipinski definition) is 2. The molecule has 2 N–H and O–H groups in total. The van der Waals surface area contributed by atoms with Crippen molar-refractivity contribution in [1.82, 2.24) is 9.97 Å². The molecule has 0 aliphatic carbocycles. The molecular weight excluding hydrogens is 389 g/mol. The van der Waals surface area contributed by atoms with E-state index in [1.807, 2.05) is 12.1 Å². The molecule has 2 fully saturated rings. The van der Waals surface area contributed by atoms with Gasteiger partial charge >= 0.3 is 5.97 Å². The largest absolute Gasteiger partial charge is 0.477 e. The van der Waals surface area contributed by atoms with Gasteiger partial charge in [0, 0.05) is 29.5 Å². The summed E-state index contributed by atoms with van der Waals surface area (Å²) in [7, 11) is 0. The van der Waals surface area contributed by atoms with Gasteiger partial charge in [-0.1, -0.05) is 0 Å². The van der Waals surface area contributed by atoms with Crippen molar-refractivity contribution in [3.8, 4) is 5.88 Å². The molecule has 0 spiro atoms. The zero-order valence-electron chi connectivity index (χ0n) is 16.1. The Morgan fingerprint density at radius 2 is 2.13 bits per heavy atom. The van der Waals surface area contributed by atoms with Gasteiger partial charge in [0.1, 0.15) is 12.2 Å². The Kier molecular flexibility index (Phi) is 4.23. The van der Waals surface area contributed by atoms with Crippen LogP contribution in [0.1, 0.15) is 36.0 Å². The summed E-state index contributed by atoms with van der Waals surface area (Å²) in [5.41, 5.74) is 0.477. The molecule has 7 nitrogen and oxygen atoms in total. The average molecular weight is 409 g/mol. The monoisotopic (exact) mass is 409 g/mol. The third kappa shape index (κ3) is 2.82. The summed E-state index contributed by atoms with van der Waals surface area (Å²) in [6.07, 6.45) is 6.63. The van der Waals surface area contributed by atoms with E-state index in [1.165, 1.54) is 24.5 Å². The number of hydrogen-bond acceptors (Lipinski definition) is 5.